The average molecular weight is 417 g/mol. The first-order valence-corrected chi connectivity index (χ1v) is 10.2. The molecule has 2 rings (SSSR count). The van der Waals surface area contributed by atoms with Crippen LogP contribution in [0.2, 0.25) is 0 Å². The summed E-state index contributed by atoms with van der Waals surface area (Å²) in [6, 6.07) is 15.1. The summed E-state index contributed by atoms with van der Waals surface area (Å²) in [4.78, 5) is 14.8. The summed E-state index contributed by atoms with van der Waals surface area (Å²) in [6.45, 7) is 5.66. The summed E-state index contributed by atoms with van der Waals surface area (Å²) in [7, 11) is 3.14. The average Bonchev–Trinajstić information content (AvgIpc) is 2.77. The first kappa shape index (κ1) is 23.5. The van der Waals surface area contributed by atoms with Crippen molar-refractivity contribution in [3.05, 3.63) is 54.1 Å². The van der Waals surface area contributed by atoms with Crippen LogP contribution in [-0.2, 0) is 15.9 Å². The second kappa shape index (κ2) is 12.7. The molecule has 1 N–H and O–H groups in total. The second-order valence-corrected chi connectivity index (χ2v) is 6.52. The molecule has 0 radical (unpaired) electrons. The predicted molar refractivity (Wildman–Crippen MR) is 117 cm³/mol. The van der Waals surface area contributed by atoms with E-state index in [-0.39, 0.29) is 6.03 Å². The monoisotopic (exact) mass is 416 g/mol. The van der Waals surface area contributed by atoms with Gasteiger partial charge in [0.25, 0.3) is 0 Å². The molecular formula is C23H32N2O5. The van der Waals surface area contributed by atoms with Crippen LogP contribution >= 0.6 is 0 Å². The summed E-state index contributed by atoms with van der Waals surface area (Å²) in [5.74, 6) is 1.18. The summed E-state index contributed by atoms with van der Waals surface area (Å²) in [5, 5.41) is 2.93. The molecule has 30 heavy (non-hydrogen) atoms. The lowest BCUT2D eigenvalue weighted by Gasteiger charge is -2.28. The zero-order chi connectivity index (χ0) is 21.8. The summed E-state index contributed by atoms with van der Waals surface area (Å²) < 4.78 is 21.9. The Hall–Kier alpha value is -2.77. The molecule has 0 atom stereocenters. The molecule has 0 aliphatic carbocycles. The Bertz CT molecular complexity index is 763. The molecule has 0 fully saturated rings. The molecule has 2 amide bonds. The van der Waals surface area contributed by atoms with Crippen LogP contribution < -0.4 is 14.8 Å². The number of carbonyl (C=O) groups excluding carboxylic acids is 1. The van der Waals surface area contributed by atoms with Crippen molar-refractivity contribution in [2.24, 2.45) is 0 Å². The van der Waals surface area contributed by atoms with Gasteiger partial charge in [0, 0.05) is 25.8 Å². The van der Waals surface area contributed by atoms with E-state index in [0.29, 0.717) is 43.5 Å². The molecule has 0 heterocycles. The Balaban J connectivity index is 2.15. The third-order valence-electron chi connectivity index (χ3n) is 4.53. The van der Waals surface area contributed by atoms with Gasteiger partial charge in [0.15, 0.2) is 6.29 Å². The van der Waals surface area contributed by atoms with E-state index >= 15 is 0 Å². The summed E-state index contributed by atoms with van der Waals surface area (Å²) >= 11 is 0. The highest BCUT2D eigenvalue weighted by atomic mass is 16.7. The van der Waals surface area contributed by atoms with Crippen molar-refractivity contribution in [1.82, 2.24) is 4.90 Å². The van der Waals surface area contributed by atoms with Crippen LogP contribution in [0.4, 0.5) is 10.5 Å². The lowest BCUT2D eigenvalue weighted by Crippen LogP contribution is -2.43. The van der Waals surface area contributed by atoms with E-state index in [1.807, 2.05) is 44.2 Å². The molecule has 164 valence electrons. The van der Waals surface area contributed by atoms with Crippen molar-refractivity contribution in [1.29, 1.82) is 0 Å². The Morgan fingerprint density at radius 2 is 1.70 bits per heavy atom. The molecule has 2 aromatic rings. The smallest absolute Gasteiger partial charge is 0.322 e. The number of ether oxygens (including phenoxy) is 4. The normalized spacial score (nSPS) is 10.7. The number of anilines is 1. The number of nitrogens with one attached hydrogen (secondary N) is 1. The SMILES string of the molecule is CCOC(CN(CCc1ccccc1)C(=O)Nc1ccc(OC)cc1OC)OCC. The van der Waals surface area contributed by atoms with Gasteiger partial charge in [-0.25, -0.2) is 4.79 Å². The van der Waals surface area contributed by atoms with E-state index in [1.165, 1.54) is 0 Å². The maximum atomic E-state index is 13.1. The number of nitrogens with zero attached hydrogens (tertiary/aromatic N) is 1. The molecule has 7 heteroatoms. The molecule has 7 nitrogen and oxygen atoms in total. The molecule has 0 aliphatic heterocycles. The van der Waals surface area contributed by atoms with Crippen LogP contribution in [0.15, 0.2) is 48.5 Å². The second-order valence-electron chi connectivity index (χ2n) is 6.52. The Morgan fingerprint density at radius 1 is 1.00 bits per heavy atom. The van der Waals surface area contributed by atoms with Crippen molar-refractivity contribution < 1.29 is 23.7 Å². The highest BCUT2D eigenvalue weighted by molar-refractivity contribution is 5.91. The van der Waals surface area contributed by atoms with E-state index in [2.05, 4.69) is 5.32 Å². The van der Waals surface area contributed by atoms with Crippen LogP contribution in [0.3, 0.4) is 0 Å². The highest BCUT2D eigenvalue weighted by Gasteiger charge is 2.21. The van der Waals surface area contributed by atoms with Crippen LogP contribution in [0.1, 0.15) is 19.4 Å². The fourth-order valence-corrected chi connectivity index (χ4v) is 2.99. The van der Waals surface area contributed by atoms with E-state index in [9.17, 15) is 4.79 Å². The number of benzene rings is 2. The van der Waals surface area contributed by atoms with Crippen molar-refractivity contribution in [2.75, 3.05) is 45.8 Å². The number of hydrogen-bond acceptors (Lipinski definition) is 5. The highest BCUT2D eigenvalue weighted by Crippen LogP contribution is 2.29. The fraction of sp³-hybridized carbons (Fsp3) is 0.435. The van der Waals surface area contributed by atoms with Gasteiger partial charge >= 0.3 is 6.03 Å². The Labute approximate surface area is 178 Å². The molecule has 0 aliphatic rings. The van der Waals surface area contributed by atoms with Gasteiger partial charge in [0.05, 0.1) is 26.5 Å². The van der Waals surface area contributed by atoms with Crippen molar-refractivity contribution >= 4 is 11.7 Å². The number of urea groups is 1. The number of carbonyl (C=O) groups is 1. The van der Waals surface area contributed by atoms with Gasteiger partial charge < -0.3 is 29.2 Å². The van der Waals surface area contributed by atoms with Gasteiger partial charge in [-0.15, -0.1) is 0 Å². The van der Waals surface area contributed by atoms with Gasteiger partial charge in [-0.05, 0) is 38.0 Å². The van der Waals surface area contributed by atoms with E-state index in [0.717, 1.165) is 12.0 Å². The number of hydrogen-bond donors (Lipinski definition) is 1. The zero-order valence-electron chi connectivity index (χ0n) is 18.2. The Morgan fingerprint density at radius 3 is 2.30 bits per heavy atom. The van der Waals surface area contributed by atoms with E-state index in [4.69, 9.17) is 18.9 Å². The van der Waals surface area contributed by atoms with Gasteiger partial charge in [0.1, 0.15) is 11.5 Å². The third-order valence-corrected chi connectivity index (χ3v) is 4.53. The molecule has 0 spiro atoms. The predicted octanol–water partition coefficient (Wildman–Crippen LogP) is 4.18. The van der Waals surface area contributed by atoms with Crippen molar-refractivity contribution in [3.63, 3.8) is 0 Å². The summed E-state index contributed by atoms with van der Waals surface area (Å²) in [6.07, 6.45) is 0.234. The summed E-state index contributed by atoms with van der Waals surface area (Å²) in [5.41, 5.74) is 1.72. The quantitative estimate of drug-likeness (QED) is 0.526. The zero-order valence-corrected chi connectivity index (χ0v) is 18.2. The van der Waals surface area contributed by atoms with Crippen molar-refractivity contribution in [2.45, 2.75) is 26.6 Å². The first-order valence-electron chi connectivity index (χ1n) is 10.2. The van der Waals surface area contributed by atoms with Gasteiger partial charge in [-0.1, -0.05) is 30.3 Å². The topological polar surface area (TPSA) is 69.3 Å². The van der Waals surface area contributed by atoms with Crippen molar-refractivity contribution in [3.8, 4) is 11.5 Å². The molecule has 0 aromatic heterocycles. The van der Waals surface area contributed by atoms with Crippen LogP contribution in [0.25, 0.3) is 0 Å². The molecule has 0 unspecified atom stereocenters. The van der Waals surface area contributed by atoms with Crippen LogP contribution in [0.5, 0.6) is 11.5 Å². The first-order chi connectivity index (χ1) is 14.6. The minimum Gasteiger partial charge on any atom is -0.497 e. The minimum absolute atomic E-state index is 0.251. The van der Waals surface area contributed by atoms with Gasteiger partial charge in [-0.2, -0.15) is 0 Å². The fourth-order valence-electron chi connectivity index (χ4n) is 2.99. The number of methoxy groups -OCH3 is 2. The van der Waals surface area contributed by atoms with Crippen LogP contribution in [-0.4, -0.2) is 57.7 Å². The Kier molecular flexibility index (Phi) is 9.97. The molecular weight excluding hydrogens is 384 g/mol. The van der Waals surface area contributed by atoms with E-state index < -0.39 is 6.29 Å². The minimum atomic E-state index is -0.487. The van der Waals surface area contributed by atoms with E-state index in [1.54, 1.807) is 37.3 Å². The standard InChI is InChI=1S/C23H32N2O5/c1-5-29-22(30-6-2)17-25(15-14-18-10-8-7-9-11-18)23(26)24-20-13-12-19(27-3)16-21(20)28-4/h7-13,16,22H,5-6,14-15,17H2,1-4H3,(H,24,26). The van der Waals surface area contributed by atoms with Crippen LogP contribution in [0, 0.1) is 0 Å². The lowest BCUT2D eigenvalue weighted by atomic mass is 10.1. The molecule has 0 saturated heterocycles. The van der Waals surface area contributed by atoms with Gasteiger partial charge in [-0.3, -0.25) is 0 Å². The largest absolute Gasteiger partial charge is 0.497 e. The molecule has 0 bridgehead atoms. The number of amides is 2. The lowest BCUT2D eigenvalue weighted by molar-refractivity contribution is -0.142. The maximum Gasteiger partial charge on any atom is 0.322 e. The van der Waals surface area contributed by atoms with Gasteiger partial charge in [0.2, 0.25) is 0 Å². The third kappa shape index (κ3) is 7.24. The maximum absolute atomic E-state index is 13.1. The number of rotatable bonds is 12. The molecule has 0 saturated carbocycles. The molecule has 2 aromatic carbocycles.